The number of aromatic nitrogens is 2. The molecule has 1 saturated heterocycles. The number of hydrogen-bond acceptors (Lipinski definition) is 4. The molecular weight excluding hydrogens is 340 g/mol. The Bertz CT molecular complexity index is 800. The summed E-state index contributed by atoms with van der Waals surface area (Å²) in [6.07, 6.45) is 4.93. The molecular formula is C18H21ClN4O2. The Morgan fingerprint density at radius 3 is 2.56 bits per heavy atom. The molecule has 0 aliphatic carbocycles. The predicted octanol–water partition coefficient (Wildman–Crippen LogP) is 3.09. The highest BCUT2D eigenvalue weighted by atomic mass is 35.5. The van der Waals surface area contributed by atoms with E-state index in [0.29, 0.717) is 11.4 Å². The van der Waals surface area contributed by atoms with Gasteiger partial charge in [-0.05, 0) is 38.3 Å². The predicted molar refractivity (Wildman–Crippen MR) is 99.4 cm³/mol. The molecule has 1 amide bonds. The SMILES string of the molecule is C[C@@H](C(=O)Nc1ccccc1)n1ncc(N2CCCCC2)c(Cl)c1=O. The molecule has 0 unspecified atom stereocenters. The minimum absolute atomic E-state index is 0.122. The summed E-state index contributed by atoms with van der Waals surface area (Å²) in [5, 5.41) is 7.09. The molecule has 132 valence electrons. The fourth-order valence-corrected chi connectivity index (χ4v) is 3.20. The van der Waals surface area contributed by atoms with Gasteiger partial charge in [0.2, 0.25) is 5.91 Å². The number of rotatable bonds is 4. The summed E-state index contributed by atoms with van der Waals surface area (Å²) in [6.45, 7) is 3.37. The van der Waals surface area contributed by atoms with Gasteiger partial charge >= 0.3 is 0 Å². The van der Waals surface area contributed by atoms with Crippen molar-refractivity contribution in [2.24, 2.45) is 0 Å². The Labute approximate surface area is 151 Å². The average molecular weight is 361 g/mol. The molecule has 1 aromatic heterocycles. The van der Waals surface area contributed by atoms with Crippen LogP contribution >= 0.6 is 11.6 Å². The first-order valence-corrected chi connectivity index (χ1v) is 8.84. The summed E-state index contributed by atoms with van der Waals surface area (Å²) >= 11 is 6.29. The molecule has 25 heavy (non-hydrogen) atoms. The van der Waals surface area contributed by atoms with Gasteiger partial charge in [-0.3, -0.25) is 9.59 Å². The number of benzene rings is 1. The minimum atomic E-state index is -0.763. The van der Waals surface area contributed by atoms with Gasteiger partial charge in [0.15, 0.2) is 0 Å². The van der Waals surface area contributed by atoms with E-state index in [1.165, 1.54) is 6.42 Å². The zero-order valence-electron chi connectivity index (χ0n) is 14.1. The molecule has 0 radical (unpaired) electrons. The fourth-order valence-electron chi connectivity index (χ4n) is 2.95. The maximum Gasteiger partial charge on any atom is 0.288 e. The second kappa shape index (κ2) is 7.70. The lowest BCUT2D eigenvalue weighted by Crippen LogP contribution is -2.36. The first-order valence-electron chi connectivity index (χ1n) is 8.46. The summed E-state index contributed by atoms with van der Waals surface area (Å²) in [7, 11) is 0. The molecule has 1 aliphatic heterocycles. The fraction of sp³-hybridized carbons (Fsp3) is 0.389. The van der Waals surface area contributed by atoms with Crippen molar-refractivity contribution in [3.63, 3.8) is 0 Å². The molecule has 3 rings (SSSR count). The second-order valence-electron chi connectivity index (χ2n) is 6.17. The molecule has 1 fully saturated rings. The van der Waals surface area contributed by atoms with Gasteiger partial charge in [0.25, 0.3) is 5.56 Å². The molecule has 0 bridgehead atoms. The van der Waals surface area contributed by atoms with Gasteiger partial charge in [-0.1, -0.05) is 29.8 Å². The third-order valence-electron chi connectivity index (χ3n) is 4.41. The second-order valence-corrected chi connectivity index (χ2v) is 6.55. The maximum atomic E-state index is 12.6. The average Bonchev–Trinajstić information content (AvgIpc) is 2.65. The Morgan fingerprint density at radius 2 is 1.88 bits per heavy atom. The van der Waals surface area contributed by atoms with Crippen LogP contribution in [0.1, 0.15) is 32.2 Å². The number of nitrogens with one attached hydrogen (secondary N) is 1. The summed E-state index contributed by atoms with van der Waals surface area (Å²) in [6, 6.07) is 8.33. The highest BCUT2D eigenvalue weighted by Gasteiger charge is 2.22. The van der Waals surface area contributed by atoms with Crippen LogP contribution < -0.4 is 15.8 Å². The molecule has 1 atom stereocenters. The van der Waals surface area contributed by atoms with E-state index in [0.717, 1.165) is 30.6 Å². The van der Waals surface area contributed by atoms with Crippen molar-refractivity contribution in [1.82, 2.24) is 9.78 Å². The number of anilines is 2. The highest BCUT2D eigenvalue weighted by molar-refractivity contribution is 6.33. The molecule has 2 heterocycles. The zero-order chi connectivity index (χ0) is 17.8. The van der Waals surface area contributed by atoms with Crippen molar-refractivity contribution >= 4 is 28.9 Å². The number of nitrogens with zero attached hydrogens (tertiary/aromatic N) is 3. The van der Waals surface area contributed by atoms with Gasteiger partial charge < -0.3 is 10.2 Å². The number of halogens is 1. The highest BCUT2D eigenvalue weighted by Crippen LogP contribution is 2.25. The first-order chi connectivity index (χ1) is 12.1. The van der Waals surface area contributed by atoms with Crippen LogP contribution in [0.4, 0.5) is 11.4 Å². The first kappa shape index (κ1) is 17.5. The molecule has 0 saturated carbocycles. The Morgan fingerprint density at radius 1 is 1.20 bits per heavy atom. The van der Waals surface area contributed by atoms with Crippen LogP contribution in [0.25, 0.3) is 0 Å². The van der Waals surface area contributed by atoms with Crippen LogP contribution in [0, 0.1) is 0 Å². The molecule has 6 nitrogen and oxygen atoms in total. The van der Waals surface area contributed by atoms with Crippen LogP contribution in [0.15, 0.2) is 41.3 Å². The van der Waals surface area contributed by atoms with Crippen molar-refractivity contribution in [3.05, 3.63) is 51.9 Å². The quantitative estimate of drug-likeness (QED) is 0.909. The Balaban J connectivity index is 1.81. The molecule has 1 aromatic carbocycles. The normalized spacial score (nSPS) is 15.7. The largest absolute Gasteiger partial charge is 0.369 e. The Kier molecular flexibility index (Phi) is 5.38. The lowest BCUT2D eigenvalue weighted by molar-refractivity contribution is -0.119. The zero-order valence-corrected chi connectivity index (χ0v) is 14.9. The van der Waals surface area contributed by atoms with Crippen molar-refractivity contribution in [3.8, 4) is 0 Å². The van der Waals surface area contributed by atoms with Gasteiger partial charge in [0, 0.05) is 18.8 Å². The van der Waals surface area contributed by atoms with E-state index >= 15 is 0 Å². The van der Waals surface area contributed by atoms with E-state index < -0.39 is 11.6 Å². The van der Waals surface area contributed by atoms with Crippen LogP contribution in [-0.4, -0.2) is 28.8 Å². The van der Waals surface area contributed by atoms with Gasteiger partial charge in [-0.25, -0.2) is 4.68 Å². The number of para-hydroxylation sites is 1. The molecule has 0 spiro atoms. The van der Waals surface area contributed by atoms with E-state index in [1.54, 1.807) is 25.3 Å². The van der Waals surface area contributed by atoms with E-state index in [2.05, 4.69) is 15.3 Å². The van der Waals surface area contributed by atoms with E-state index in [9.17, 15) is 9.59 Å². The lowest BCUT2D eigenvalue weighted by Gasteiger charge is -2.29. The van der Waals surface area contributed by atoms with E-state index in [-0.39, 0.29) is 10.9 Å². The van der Waals surface area contributed by atoms with Gasteiger partial charge in [-0.2, -0.15) is 5.10 Å². The minimum Gasteiger partial charge on any atom is -0.369 e. The third-order valence-corrected chi connectivity index (χ3v) is 4.76. The smallest absolute Gasteiger partial charge is 0.288 e. The van der Waals surface area contributed by atoms with Crippen molar-refractivity contribution < 1.29 is 4.79 Å². The summed E-state index contributed by atoms with van der Waals surface area (Å²) < 4.78 is 1.13. The molecule has 7 heteroatoms. The van der Waals surface area contributed by atoms with Gasteiger partial charge in [0.05, 0.1) is 11.9 Å². The third kappa shape index (κ3) is 3.85. The standard InChI is InChI=1S/C18H21ClN4O2/c1-13(17(24)21-14-8-4-2-5-9-14)23-18(25)16(19)15(12-20-23)22-10-6-3-7-11-22/h2,4-5,8-9,12-13H,3,6-7,10-11H2,1H3,(H,21,24)/t13-/m0/s1. The lowest BCUT2D eigenvalue weighted by atomic mass is 10.1. The van der Waals surface area contributed by atoms with Crippen LogP contribution in [-0.2, 0) is 4.79 Å². The number of amides is 1. The monoisotopic (exact) mass is 360 g/mol. The van der Waals surface area contributed by atoms with E-state index in [4.69, 9.17) is 11.6 Å². The number of hydrogen-bond donors (Lipinski definition) is 1. The van der Waals surface area contributed by atoms with Gasteiger partial charge in [0.1, 0.15) is 11.1 Å². The van der Waals surface area contributed by atoms with Crippen LogP contribution in [0.2, 0.25) is 5.02 Å². The molecule has 1 N–H and O–H groups in total. The van der Waals surface area contributed by atoms with Gasteiger partial charge in [-0.15, -0.1) is 0 Å². The van der Waals surface area contributed by atoms with Crippen LogP contribution in [0.5, 0.6) is 0 Å². The Hall–Kier alpha value is -2.34. The van der Waals surface area contributed by atoms with E-state index in [1.807, 2.05) is 18.2 Å². The topological polar surface area (TPSA) is 67.2 Å². The number of piperidine rings is 1. The summed E-state index contributed by atoms with van der Waals surface area (Å²) in [5.74, 6) is -0.317. The maximum absolute atomic E-state index is 12.6. The summed E-state index contributed by atoms with van der Waals surface area (Å²) in [4.78, 5) is 27.1. The van der Waals surface area contributed by atoms with Crippen molar-refractivity contribution in [1.29, 1.82) is 0 Å². The molecule has 2 aromatic rings. The van der Waals surface area contributed by atoms with Crippen molar-refractivity contribution in [2.75, 3.05) is 23.3 Å². The number of carbonyl (C=O) groups excluding carboxylic acids is 1. The molecule has 1 aliphatic rings. The number of carbonyl (C=O) groups is 1. The van der Waals surface area contributed by atoms with Crippen molar-refractivity contribution in [2.45, 2.75) is 32.2 Å². The summed E-state index contributed by atoms with van der Waals surface area (Å²) in [5.41, 5.74) is 0.877. The van der Waals surface area contributed by atoms with Crippen LogP contribution in [0.3, 0.4) is 0 Å².